The Morgan fingerprint density at radius 3 is 1.50 bits per heavy atom. The molecule has 0 heterocycles. The number of hydrogen-bond acceptors (Lipinski definition) is 6. The molecule has 0 aliphatic carbocycles. The van der Waals surface area contributed by atoms with Crippen molar-refractivity contribution < 1.29 is 27.0 Å². The van der Waals surface area contributed by atoms with Crippen LogP contribution in [-0.2, 0) is 20.0 Å². The second-order valence-corrected chi connectivity index (χ2v) is 10.4. The van der Waals surface area contributed by atoms with Crippen molar-refractivity contribution >= 4 is 20.0 Å². The second kappa shape index (κ2) is 10.4. The number of nitrogens with zero attached hydrogens (tertiary/aromatic N) is 2. The van der Waals surface area contributed by atoms with E-state index in [0.717, 1.165) is 12.1 Å². The highest BCUT2D eigenvalue weighted by molar-refractivity contribution is 7.90. The molecule has 28 heavy (non-hydrogen) atoms. The normalized spacial score (nSPS) is 12.8. The molecule has 0 aromatic heterocycles. The minimum absolute atomic E-state index is 0.227. The Labute approximate surface area is 168 Å². The molecule has 0 unspecified atom stereocenters. The summed E-state index contributed by atoms with van der Waals surface area (Å²) in [6, 6.07) is 1.84. The van der Waals surface area contributed by atoms with Crippen molar-refractivity contribution in [3.63, 3.8) is 0 Å². The van der Waals surface area contributed by atoms with Crippen LogP contribution in [0.3, 0.4) is 0 Å². The van der Waals surface area contributed by atoms with Gasteiger partial charge in [-0.1, -0.05) is 27.7 Å². The lowest BCUT2D eigenvalue weighted by molar-refractivity contribution is 0.379. The average molecular weight is 437 g/mol. The summed E-state index contributed by atoms with van der Waals surface area (Å²) < 4.78 is 54.5. The van der Waals surface area contributed by atoms with Crippen LogP contribution in [0.15, 0.2) is 21.9 Å². The minimum atomic E-state index is -4.17. The first-order valence-electron chi connectivity index (χ1n) is 9.64. The SMILES string of the molecule is CCCN(CCC)S(=O)(=O)c1cc(O)c(O)c(S(=O)(=O)N(CCC)CCC)c1. The Balaban J connectivity index is 3.59. The third-order valence-corrected chi connectivity index (χ3v) is 7.96. The highest BCUT2D eigenvalue weighted by Gasteiger charge is 2.32. The van der Waals surface area contributed by atoms with Crippen molar-refractivity contribution in [2.45, 2.75) is 63.2 Å². The monoisotopic (exact) mass is 436 g/mol. The highest BCUT2D eigenvalue weighted by atomic mass is 32.2. The standard InChI is InChI=1S/C18H32N2O6S2/c1-5-9-19(10-6-2)27(23,24)15-13-16(21)18(22)17(14-15)28(25,26)20(11-7-3)12-8-4/h13-14,21-22H,5-12H2,1-4H3. The fourth-order valence-corrected chi connectivity index (χ4v) is 6.40. The van der Waals surface area contributed by atoms with Gasteiger partial charge in [-0.3, -0.25) is 0 Å². The number of rotatable bonds is 12. The molecule has 0 fully saturated rings. The lowest BCUT2D eigenvalue weighted by Gasteiger charge is -2.24. The zero-order chi connectivity index (χ0) is 21.5. The van der Waals surface area contributed by atoms with Crippen molar-refractivity contribution in [1.29, 1.82) is 0 Å². The fraction of sp³-hybridized carbons (Fsp3) is 0.667. The summed E-state index contributed by atoms with van der Waals surface area (Å²) in [6.45, 7) is 8.34. The minimum Gasteiger partial charge on any atom is -0.504 e. The fourth-order valence-electron chi connectivity index (χ4n) is 2.90. The first-order valence-corrected chi connectivity index (χ1v) is 12.5. The first-order chi connectivity index (χ1) is 13.1. The van der Waals surface area contributed by atoms with Crippen LogP contribution in [0.2, 0.25) is 0 Å². The van der Waals surface area contributed by atoms with Crippen LogP contribution in [0.1, 0.15) is 53.4 Å². The number of phenols is 2. The highest BCUT2D eigenvalue weighted by Crippen LogP contribution is 2.37. The molecule has 0 saturated heterocycles. The van der Waals surface area contributed by atoms with E-state index in [1.165, 1.54) is 8.61 Å². The molecule has 162 valence electrons. The van der Waals surface area contributed by atoms with E-state index in [9.17, 15) is 27.0 Å². The quantitative estimate of drug-likeness (QED) is 0.487. The zero-order valence-corrected chi connectivity index (χ0v) is 18.7. The molecule has 0 radical (unpaired) electrons. The summed E-state index contributed by atoms with van der Waals surface area (Å²) in [6.07, 6.45) is 2.31. The Kier molecular flexibility index (Phi) is 9.19. The largest absolute Gasteiger partial charge is 0.504 e. The van der Waals surface area contributed by atoms with Crippen LogP contribution in [0.5, 0.6) is 11.5 Å². The van der Waals surface area contributed by atoms with Gasteiger partial charge >= 0.3 is 0 Å². The van der Waals surface area contributed by atoms with Gasteiger partial charge in [0.05, 0.1) is 4.90 Å². The van der Waals surface area contributed by atoms with E-state index in [1.54, 1.807) is 0 Å². The summed E-state index contributed by atoms with van der Waals surface area (Å²) in [5.74, 6) is -1.62. The van der Waals surface area contributed by atoms with Gasteiger partial charge in [-0.2, -0.15) is 8.61 Å². The Morgan fingerprint density at radius 1 is 0.714 bits per heavy atom. The summed E-state index contributed by atoms with van der Waals surface area (Å²) in [5, 5.41) is 20.3. The van der Waals surface area contributed by atoms with E-state index in [0.29, 0.717) is 25.7 Å². The lowest BCUT2D eigenvalue weighted by Crippen LogP contribution is -2.34. The van der Waals surface area contributed by atoms with Gasteiger partial charge in [-0.15, -0.1) is 0 Å². The number of sulfonamides is 2. The van der Waals surface area contributed by atoms with E-state index in [4.69, 9.17) is 0 Å². The number of hydrogen-bond donors (Lipinski definition) is 2. The molecule has 0 spiro atoms. The van der Waals surface area contributed by atoms with Gasteiger partial charge in [-0.25, -0.2) is 16.8 Å². The van der Waals surface area contributed by atoms with Gasteiger partial charge in [0.25, 0.3) is 0 Å². The molecule has 0 aliphatic heterocycles. The summed E-state index contributed by atoms with van der Waals surface area (Å²) >= 11 is 0. The Bertz CT molecular complexity index is 841. The van der Waals surface area contributed by atoms with Crippen LogP contribution >= 0.6 is 0 Å². The van der Waals surface area contributed by atoms with Crippen LogP contribution < -0.4 is 0 Å². The molecule has 8 nitrogen and oxygen atoms in total. The Hall–Kier alpha value is -1.36. The third kappa shape index (κ3) is 5.37. The first kappa shape index (κ1) is 24.7. The summed E-state index contributed by atoms with van der Waals surface area (Å²) in [7, 11) is -8.19. The van der Waals surface area contributed by atoms with E-state index < -0.39 is 36.4 Å². The maximum Gasteiger partial charge on any atom is 0.246 e. The van der Waals surface area contributed by atoms with E-state index >= 15 is 0 Å². The van der Waals surface area contributed by atoms with E-state index in [2.05, 4.69) is 0 Å². The molecule has 0 atom stereocenters. The van der Waals surface area contributed by atoms with Gasteiger partial charge in [0, 0.05) is 32.2 Å². The molecule has 1 aromatic rings. The maximum atomic E-state index is 13.0. The second-order valence-electron chi connectivity index (χ2n) is 6.60. The van der Waals surface area contributed by atoms with Gasteiger partial charge in [0.2, 0.25) is 20.0 Å². The summed E-state index contributed by atoms with van der Waals surface area (Å²) in [4.78, 5) is -0.947. The van der Waals surface area contributed by atoms with Crippen molar-refractivity contribution in [2.75, 3.05) is 26.2 Å². The van der Waals surface area contributed by atoms with Crippen molar-refractivity contribution in [2.24, 2.45) is 0 Å². The van der Waals surface area contributed by atoms with Crippen LogP contribution in [0, 0.1) is 0 Å². The van der Waals surface area contributed by atoms with Gasteiger partial charge in [0.1, 0.15) is 4.90 Å². The maximum absolute atomic E-state index is 13.0. The predicted molar refractivity (Wildman–Crippen MR) is 108 cm³/mol. The van der Waals surface area contributed by atoms with Crippen LogP contribution in [-0.4, -0.2) is 61.8 Å². The topological polar surface area (TPSA) is 115 Å². The molecular formula is C18H32N2O6S2. The number of aromatic hydroxyl groups is 2. The molecule has 10 heteroatoms. The molecule has 1 aromatic carbocycles. The van der Waals surface area contributed by atoms with E-state index in [-0.39, 0.29) is 31.1 Å². The smallest absolute Gasteiger partial charge is 0.246 e. The summed E-state index contributed by atoms with van der Waals surface area (Å²) in [5.41, 5.74) is 0. The molecule has 2 N–H and O–H groups in total. The zero-order valence-electron chi connectivity index (χ0n) is 17.0. The molecular weight excluding hydrogens is 404 g/mol. The van der Waals surface area contributed by atoms with Gasteiger partial charge in [-0.05, 0) is 31.7 Å². The lowest BCUT2D eigenvalue weighted by atomic mass is 10.3. The van der Waals surface area contributed by atoms with Gasteiger partial charge < -0.3 is 10.2 Å². The van der Waals surface area contributed by atoms with Crippen molar-refractivity contribution in [1.82, 2.24) is 8.61 Å². The third-order valence-electron chi connectivity index (χ3n) is 4.18. The van der Waals surface area contributed by atoms with Gasteiger partial charge in [0.15, 0.2) is 11.5 Å². The van der Waals surface area contributed by atoms with Crippen molar-refractivity contribution in [3.05, 3.63) is 12.1 Å². The molecule has 0 aliphatic rings. The average Bonchev–Trinajstić information content (AvgIpc) is 2.63. The van der Waals surface area contributed by atoms with E-state index in [1.807, 2.05) is 27.7 Å². The van der Waals surface area contributed by atoms with Crippen molar-refractivity contribution in [3.8, 4) is 11.5 Å². The number of phenolic OH excluding ortho intramolecular Hbond substituents is 2. The number of benzene rings is 1. The molecule has 0 bridgehead atoms. The van der Waals surface area contributed by atoms with Crippen LogP contribution in [0.25, 0.3) is 0 Å². The molecule has 1 rings (SSSR count). The predicted octanol–water partition coefficient (Wildman–Crippen LogP) is 2.72. The van der Waals surface area contributed by atoms with Crippen LogP contribution in [0.4, 0.5) is 0 Å². The molecule has 0 amide bonds. The Morgan fingerprint density at radius 2 is 1.11 bits per heavy atom. The molecule has 0 saturated carbocycles.